The number of aliphatic imine (C=N–C) groups is 1. The molecule has 0 amide bonds. The van der Waals surface area contributed by atoms with Crippen LogP contribution in [-0.4, -0.2) is 10.9 Å². The lowest BCUT2D eigenvalue weighted by atomic mass is 10.1. The molecule has 1 heterocycles. The summed E-state index contributed by atoms with van der Waals surface area (Å²) in [5, 5.41) is 3.54. The van der Waals surface area contributed by atoms with Gasteiger partial charge < -0.3 is 11.1 Å². The Morgan fingerprint density at radius 2 is 2.05 bits per heavy atom. The first kappa shape index (κ1) is 14.3. The van der Waals surface area contributed by atoms with Crippen molar-refractivity contribution < 1.29 is 0 Å². The molecule has 0 unspecified atom stereocenters. The largest absolute Gasteiger partial charge is 0.370 e. The summed E-state index contributed by atoms with van der Waals surface area (Å²) in [4.78, 5) is 8.27. The van der Waals surface area contributed by atoms with E-state index >= 15 is 0 Å². The second kappa shape index (κ2) is 6.39. The highest BCUT2D eigenvalue weighted by Gasteiger charge is 1.98. The van der Waals surface area contributed by atoms with Crippen LogP contribution in [0.15, 0.2) is 41.5 Å². The van der Waals surface area contributed by atoms with Crippen molar-refractivity contribution in [3.63, 3.8) is 0 Å². The van der Waals surface area contributed by atoms with E-state index in [1.807, 2.05) is 24.3 Å². The Morgan fingerprint density at radius 1 is 1.25 bits per heavy atom. The average Bonchev–Trinajstić information content (AvgIpc) is 2.42. The fourth-order valence-electron chi connectivity index (χ4n) is 1.68. The maximum absolute atomic E-state index is 5.86. The predicted molar refractivity (Wildman–Crippen MR) is 84.1 cm³/mol. The van der Waals surface area contributed by atoms with E-state index in [9.17, 15) is 0 Å². The van der Waals surface area contributed by atoms with Gasteiger partial charge in [0.05, 0.1) is 6.54 Å². The van der Waals surface area contributed by atoms with E-state index in [1.165, 1.54) is 11.1 Å². The average molecular weight is 289 g/mol. The summed E-state index contributed by atoms with van der Waals surface area (Å²) in [6.45, 7) is 4.60. The summed E-state index contributed by atoms with van der Waals surface area (Å²) in [5.74, 6) is 0.378. The normalized spacial score (nSPS) is 11.4. The van der Waals surface area contributed by atoms with Gasteiger partial charge in [0.2, 0.25) is 0 Å². The van der Waals surface area contributed by atoms with Gasteiger partial charge in [0.15, 0.2) is 5.96 Å². The number of halogens is 1. The fourth-order valence-corrected chi connectivity index (χ4v) is 1.79. The lowest BCUT2D eigenvalue weighted by Crippen LogP contribution is -2.22. The highest BCUT2D eigenvalue weighted by atomic mass is 35.5. The van der Waals surface area contributed by atoms with Crippen LogP contribution >= 0.6 is 11.6 Å². The van der Waals surface area contributed by atoms with E-state index in [1.54, 1.807) is 12.3 Å². The first-order valence-electron chi connectivity index (χ1n) is 6.29. The second-order valence-corrected chi connectivity index (χ2v) is 5.00. The van der Waals surface area contributed by atoms with Gasteiger partial charge in [-0.2, -0.15) is 0 Å². The van der Waals surface area contributed by atoms with Gasteiger partial charge in [0.25, 0.3) is 0 Å². The molecule has 5 heteroatoms. The van der Waals surface area contributed by atoms with Crippen molar-refractivity contribution in [1.82, 2.24) is 4.98 Å². The number of nitrogens with one attached hydrogen (secondary N) is 1. The van der Waals surface area contributed by atoms with Crippen molar-refractivity contribution in [1.29, 1.82) is 0 Å². The Kier molecular flexibility index (Phi) is 4.58. The molecule has 1 aromatic heterocycles. The van der Waals surface area contributed by atoms with E-state index in [4.69, 9.17) is 17.3 Å². The van der Waals surface area contributed by atoms with E-state index in [0.29, 0.717) is 17.7 Å². The number of nitrogens with zero attached hydrogens (tertiary/aromatic N) is 2. The number of rotatable bonds is 3. The van der Waals surface area contributed by atoms with Crippen molar-refractivity contribution in [2.45, 2.75) is 20.4 Å². The van der Waals surface area contributed by atoms with Crippen LogP contribution < -0.4 is 11.1 Å². The molecule has 3 N–H and O–H groups in total. The molecular weight excluding hydrogens is 272 g/mol. The van der Waals surface area contributed by atoms with Crippen LogP contribution in [0.2, 0.25) is 5.15 Å². The van der Waals surface area contributed by atoms with E-state index in [-0.39, 0.29) is 0 Å². The van der Waals surface area contributed by atoms with Crippen molar-refractivity contribution in [2.75, 3.05) is 5.32 Å². The zero-order valence-electron chi connectivity index (χ0n) is 11.5. The summed E-state index contributed by atoms with van der Waals surface area (Å²) in [6, 6.07) is 9.69. The number of hydrogen-bond donors (Lipinski definition) is 2. The molecular formula is C15H17ClN4. The van der Waals surface area contributed by atoms with Gasteiger partial charge in [0, 0.05) is 11.9 Å². The quantitative estimate of drug-likeness (QED) is 0.517. The molecule has 4 nitrogen and oxygen atoms in total. The molecule has 0 spiro atoms. The molecule has 0 fully saturated rings. The number of pyridine rings is 1. The molecule has 0 bridgehead atoms. The monoisotopic (exact) mass is 288 g/mol. The lowest BCUT2D eigenvalue weighted by Gasteiger charge is -2.08. The predicted octanol–water partition coefficient (Wildman–Crippen LogP) is 3.28. The minimum absolute atomic E-state index is 0.378. The van der Waals surface area contributed by atoms with Crippen molar-refractivity contribution in [2.24, 2.45) is 10.7 Å². The molecule has 0 saturated carbocycles. The topological polar surface area (TPSA) is 63.3 Å². The Balaban J connectivity index is 2.00. The van der Waals surface area contributed by atoms with Crippen molar-refractivity contribution in [3.05, 3.63) is 58.4 Å². The Morgan fingerprint density at radius 3 is 2.70 bits per heavy atom. The van der Waals surface area contributed by atoms with Gasteiger partial charge in [-0.15, -0.1) is 0 Å². The zero-order valence-corrected chi connectivity index (χ0v) is 12.3. The molecule has 0 radical (unpaired) electrons. The van der Waals surface area contributed by atoms with Crippen LogP contribution in [0.1, 0.15) is 16.7 Å². The van der Waals surface area contributed by atoms with Gasteiger partial charge in [-0.25, -0.2) is 9.98 Å². The Hall–Kier alpha value is -2.07. The highest BCUT2D eigenvalue weighted by molar-refractivity contribution is 6.29. The maximum Gasteiger partial charge on any atom is 0.193 e. The molecule has 2 aromatic rings. The third-order valence-electron chi connectivity index (χ3n) is 3.00. The molecule has 0 aliphatic rings. The number of nitrogens with two attached hydrogens (primary N) is 1. The minimum atomic E-state index is 0.378. The Labute approximate surface area is 123 Å². The van der Waals surface area contributed by atoms with Crippen molar-refractivity contribution >= 4 is 23.2 Å². The number of aryl methyl sites for hydroxylation is 2. The third-order valence-corrected chi connectivity index (χ3v) is 3.22. The minimum Gasteiger partial charge on any atom is -0.370 e. The van der Waals surface area contributed by atoms with Gasteiger partial charge in [-0.05, 0) is 48.7 Å². The SMILES string of the molecule is Cc1ccc(NC(N)=NCc2ccc(Cl)nc2)cc1C. The number of benzene rings is 1. The highest BCUT2D eigenvalue weighted by Crippen LogP contribution is 2.14. The molecule has 104 valence electrons. The molecule has 0 aliphatic carbocycles. The van der Waals surface area contributed by atoms with Crippen LogP contribution in [0.4, 0.5) is 5.69 Å². The Bertz CT molecular complexity index is 620. The first-order chi connectivity index (χ1) is 9.54. The van der Waals surface area contributed by atoms with Gasteiger partial charge in [-0.3, -0.25) is 0 Å². The van der Waals surface area contributed by atoms with E-state index < -0.39 is 0 Å². The smallest absolute Gasteiger partial charge is 0.193 e. The zero-order chi connectivity index (χ0) is 14.5. The van der Waals surface area contributed by atoms with E-state index in [0.717, 1.165) is 11.3 Å². The molecule has 20 heavy (non-hydrogen) atoms. The van der Waals surface area contributed by atoms with Crippen LogP contribution in [0.3, 0.4) is 0 Å². The van der Waals surface area contributed by atoms with Gasteiger partial charge >= 0.3 is 0 Å². The summed E-state index contributed by atoms with van der Waals surface area (Å²) in [5.41, 5.74) is 10.2. The van der Waals surface area contributed by atoms with Crippen LogP contribution in [0, 0.1) is 13.8 Å². The van der Waals surface area contributed by atoms with Crippen LogP contribution in [-0.2, 0) is 6.54 Å². The second-order valence-electron chi connectivity index (χ2n) is 4.61. The molecule has 1 aromatic carbocycles. The first-order valence-corrected chi connectivity index (χ1v) is 6.67. The molecule has 2 rings (SSSR count). The number of aromatic nitrogens is 1. The number of hydrogen-bond acceptors (Lipinski definition) is 2. The standard InChI is InChI=1S/C15H17ClN4/c1-10-3-5-13(7-11(10)2)20-15(17)19-9-12-4-6-14(16)18-8-12/h3-8H,9H2,1-2H3,(H3,17,19,20). The molecule has 0 atom stereocenters. The summed E-state index contributed by atoms with van der Waals surface area (Å²) >= 11 is 5.73. The molecule has 0 aliphatic heterocycles. The summed E-state index contributed by atoms with van der Waals surface area (Å²) in [6.07, 6.45) is 1.69. The fraction of sp³-hybridized carbons (Fsp3) is 0.200. The van der Waals surface area contributed by atoms with Gasteiger partial charge in [-0.1, -0.05) is 23.7 Å². The lowest BCUT2D eigenvalue weighted by molar-refractivity contribution is 1.04. The summed E-state index contributed by atoms with van der Waals surface area (Å²) < 4.78 is 0. The summed E-state index contributed by atoms with van der Waals surface area (Å²) in [7, 11) is 0. The third kappa shape index (κ3) is 3.96. The van der Waals surface area contributed by atoms with Crippen LogP contribution in [0.5, 0.6) is 0 Å². The number of guanidine groups is 1. The van der Waals surface area contributed by atoms with E-state index in [2.05, 4.69) is 29.1 Å². The molecule has 0 saturated heterocycles. The van der Waals surface area contributed by atoms with Gasteiger partial charge in [0.1, 0.15) is 5.15 Å². The van der Waals surface area contributed by atoms with Crippen molar-refractivity contribution in [3.8, 4) is 0 Å². The number of anilines is 1. The maximum atomic E-state index is 5.86. The van der Waals surface area contributed by atoms with Crippen LogP contribution in [0.25, 0.3) is 0 Å².